The van der Waals surface area contributed by atoms with Gasteiger partial charge in [0.1, 0.15) is 0 Å². The smallest absolute Gasteiger partial charge is 0.162 e. The molecule has 0 aliphatic rings. The summed E-state index contributed by atoms with van der Waals surface area (Å²) in [6.07, 6.45) is 5.68. The van der Waals surface area contributed by atoms with Crippen LogP contribution in [-0.2, 0) is 0 Å². The van der Waals surface area contributed by atoms with Crippen LogP contribution in [0.3, 0.4) is 0 Å². The maximum absolute atomic E-state index is 6.17. The molecule has 0 radical (unpaired) electrons. The molecule has 0 bridgehead atoms. The highest BCUT2D eigenvalue weighted by atomic mass is 35.5. The minimum atomic E-state index is 0.0500. The van der Waals surface area contributed by atoms with Crippen LogP contribution in [0.5, 0.6) is 0 Å². The normalized spacial score (nSPS) is 13.4. The molecule has 0 saturated heterocycles. The van der Waals surface area contributed by atoms with Crippen LogP contribution < -0.4 is 0 Å². The summed E-state index contributed by atoms with van der Waals surface area (Å²) in [5, 5.41) is 0. The maximum Gasteiger partial charge on any atom is 0.162 e. The second-order valence-electron chi connectivity index (χ2n) is 3.21. The van der Waals surface area contributed by atoms with Crippen molar-refractivity contribution in [2.24, 2.45) is 0 Å². The Kier molecular flexibility index (Phi) is 5.76. The summed E-state index contributed by atoms with van der Waals surface area (Å²) in [4.78, 5) is 0. The number of rotatable bonds is 7. The Balaban J connectivity index is 4.65. The number of alkyl halides is 1. The highest BCUT2D eigenvalue weighted by Crippen LogP contribution is 2.17. The van der Waals surface area contributed by atoms with Gasteiger partial charge in [0, 0.05) is 6.92 Å². The molecule has 0 aromatic heterocycles. The van der Waals surface area contributed by atoms with E-state index in [-0.39, 0.29) is 5.50 Å². The van der Waals surface area contributed by atoms with Crippen molar-refractivity contribution in [3.63, 3.8) is 0 Å². The van der Waals surface area contributed by atoms with Gasteiger partial charge < -0.3 is 0 Å². The lowest BCUT2D eigenvalue weighted by Crippen LogP contribution is -2.52. The summed E-state index contributed by atoms with van der Waals surface area (Å²) >= 11 is 6.17. The minimum absolute atomic E-state index is 0.0500. The minimum Gasteiger partial charge on any atom is -0.299 e. The molecule has 0 spiro atoms. The van der Waals surface area contributed by atoms with Crippen molar-refractivity contribution >= 4 is 11.6 Å². The van der Waals surface area contributed by atoms with Crippen molar-refractivity contribution in [2.45, 2.75) is 12.4 Å². The van der Waals surface area contributed by atoms with Crippen molar-refractivity contribution < 1.29 is 4.48 Å². The summed E-state index contributed by atoms with van der Waals surface area (Å²) in [5.41, 5.74) is 0.0500. The third kappa shape index (κ3) is 3.37. The average Bonchev–Trinajstić information content (AvgIpc) is 2.05. The van der Waals surface area contributed by atoms with E-state index in [1.165, 1.54) is 0 Å². The van der Waals surface area contributed by atoms with Crippen LogP contribution in [-0.4, -0.2) is 29.6 Å². The van der Waals surface area contributed by atoms with E-state index >= 15 is 0 Å². The number of halogens is 1. The van der Waals surface area contributed by atoms with Gasteiger partial charge in [-0.1, -0.05) is 31.3 Å². The molecule has 13 heavy (non-hydrogen) atoms. The van der Waals surface area contributed by atoms with E-state index < -0.39 is 0 Å². The Morgan fingerprint density at radius 2 is 1.38 bits per heavy atom. The van der Waals surface area contributed by atoms with Gasteiger partial charge in [0.25, 0.3) is 0 Å². The van der Waals surface area contributed by atoms with E-state index in [0.717, 1.165) is 24.1 Å². The lowest BCUT2D eigenvalue weighted by Gasteiger charge is -2.38. The zero-order valence-electron chi connectivity index (χ0n) is 8.38. The molecule has 0 aliphatic heterocycles. The highest BCUT2D eigenvalue weighted by Gasteiger charge is 2.28. The SMILES string of the molecule is C=CC[N+](CC=C)(CC=C)C(C)Cl. The van der Waals surface area contributed by atoms with Gasteiger partial charge in [-0.25, -0.2) is 0 Å². The molecule has 0 heterocycles. The fraction of sp³-hybridized carbons (Fsp3) is 0.455. The predicted molar refractivity (Wildman–Crippen MR) is 60.8 cm³/mol. The molecule has 0 N–H and O–H groups in total. The Bertz CT molecular complexity index is 158. The molecule has 74 valence electrons. The van der Waals surface area contributed by atoms with E-state index in [2.05, 4.69) is 19.7 Å². The van der Waals surface area contributed by atoms with Gasteiger partial charge in [0.15, 0.2) is 5.50 Å². The molecule has 1 unspecified atom stereocenters. The summed E-state index contributed by atoms with van der Waals surface area (Å²) in [6, 6.07) is 0. The Morgan fingerprint density at radius 3 is 1.54 bits per heavy atom. The van der Waals surface area contributed by atoms with Gasteiger partial charge in [-0.05, 0) is 18.2 Å². The van der Waals surface area contributed by atoms with Crippen molar-refractivity contribution in [2.75, 3.05) is 19.6 Å². The summed E-state index contributed by atoms with van der Waals surface area (Å²) < 4.78 is 0.748. The Hall–Kier alpha value is -0.530. The molecule has 0 saturated carbocycles. The van der Waals surface area contributed by atoms with Crippen LogP contribution in [0.1, 0.15) is 6.92 Å². The van der Waals surface area contributed by atoms with Gasteiger partial charge in [-0.15, -0.1) is 0 Å². The summed E-state index contributed by atoms with van der Waals surface area (Å²) in [5.74, 6) is 0. The first-order valence-corrected chi connectivity index (χ1v) is 4.89. The lowest BCUT2D eigenvalue weighted by molar-refractivity contribution is -0.921. The second-order valence-corrected chi connectivity index (χ2v) is 3.84. The van der Waals surface area contributed by atoms with E-state index in [1.54, 1.807) is 0 Å². The molecule has 0 rings (SSSR count). The van der Waals surface area contributed by atoms with E-state index in [1.807, 2.05) is 25.2 Å². The van der Waals surface area contributed by atoms with E-state index in [4.69, 9.17) is 11.6 Å². The van der Waals surface area contributed by atoms with Crippen molar-refractivity contribution in [1.82, 2.24) is 0 Å². The molecule has 2 heteroatoms. The van der Waals surface area contributed by atoms with E-state index in [0.29, 0.717) is 0 Å². The van der Waals surface area contributed by atoms with Crippen LogP contribution in [0.15, 0.2) is 38.0 Å². The fourth-order valence-corrected chi connectivity index (χ4v) is 1.67. The zero-order valence-corrected chi connectivity index (χ0v) is 9.13. The number of hydrogen-bond acceptors (Lipinski definition) is 0. The topological polar surface area (TPSA) is 0 Å². The first-order valence-electron chi connectivity index (χ1n) is 4.45. The fourth-order valence-electron chi connectivity index (χ4n) is 1.43. The maximum atomic E-state index is 6.17. The predicted octanol–water partition coefficient (Wildman–Crippen LogP) is 2.95. The summed E-state index contributed by atoms with van der Waals surface area (Å²) in [7, 11) is 0. The second kappa shape index (κ2) is 6.01. The lowest BCUT2D eigenvalue weighted by atomic mass is 10.3. The molecule has 0 aromatic carbocycles. The zero-order chi connectivity index (χ0) is 10.3. The van der Waals surface area contributed by atoms with Crippen molar-refractivity contribution in [3.8, 4) is 0 Å². The van der Waals surface area contributed by atoms with Crippen molar-refractivity contribution in [1.29, 1.82) is 0 Å². The quantitative estimate of drug-likeness (QED) is 0.257. The van der Waals surface area contributed by atoms with Crippen LogP contribution in [0.25, 0.3) is 0 Å². The molecule has 0 fully saturated rings. The third-order valence-electron chi connectivity index (χ3n) is 2.23. The summed E-state index contributed by atoms with van der Waals surface area (Å²) in [6.45, 7) is 15.8. The van der Waals surface area contributed by atoms with Gasteiger partial charge in [0.05, 0.1) is 19.6 Å². The molecular weight excluding hydrogens is 182 g/mol. The van der Waals surface area contributed by atoms with Gasteiger partial charge in [0.2, 0.25) is 0 Å². The molecular formula is C11H19ClN+. The van der Waals surface area contributed by atoms with Gasteiger partial charge in [-0.3, -0.25) is 4.48 Å². The van der Waals surface area contributed by atoms with Crippen LogP contribution in [0.2, 0.25) is 0 Å². The highest BCUT2D eigenvalue weighted by molar-refractivity contribution is 6.19. The molecule has 0 aliphatic carbocycles. The van der Waals surface area contributed by atoms with Crippen LogP contribution in [0, 0.1) is 0 Å². The number of quaternary nitrogens is 1. The van der Waals surface area contributed by atoms with Gasteiger partial charge in [-0.2, -0.15) is 0 Å². The Labute approximate surface area is 86.6 Å². The largest absolute Gasteiger partial charge is 0.299 e. The molecule has 1 nitrogen and oxygen atoms in total. The molecule has 0 aromatic rings. The first-order chi connectivity index (χ1) is 6.13. The first kappa shape index (κ1) is 12.5. The Morgan fingerprint density at radius 1 is 1.08 bits per heavy atom. The van der Waals surface area contributed by atoms with Crippen molar-refractivity contribution in [3.05, 3.63) is 38.0 Å². The number of hydrogen-bond donors (Lipinski definition) is 0. The molecule has 1 atom stereocenters. The van der Waals surface area contributed by atoms with Crippen LogP contribution in [0.4, 0.5) is 0 Å². The third-order valence-corrected chi connectivity index (χ3v) is 2.65. The monoisotopic (exact) mass is 200 g/mol. The number of nitrogens with zero attached hydrogens (tertiary/aromatic N) is 1. The van der Waals surface area contributed by atoms with Gasteiger partial charge >= 0.3 is 0 Å². The van der Waals surface area contributed by atoms with Crippen LogP contribution >= 0.6 is 11.6 Å². The average molecular weight is 201 g/mol. The molecule has 0 amide bonds. The van der Waals surface area contributed by atoms with E-state index in [9.17, 15) is 0 Å². The standard InChI is InChI=1S/C11H19ClN/c1-5-8-13(9-6-2,10-7-3)11(4)12/h5-7,11H,1-3,8-10H2,4H3/q+1.